The fraction of sp³-hybridized carbons (Fsp3) is 0.0208. The second-order valence-corrected chi connectivity index (χ2v) is 39.7. The van der Waals surface area contributed by atoms with Crippen LogP contribution in [0.15, 0.2) is 571 Å². The van der Waals surface area contributed by atoms with E-state index in [-0.39, 0.29) is 0 Å². The Balaban J connectivity index is 0.000000106. The molecule has 3 aliphatic heterocycles. The van der Waals surface area contributed by atoms with Crippen LogP contribution in [0.5, 0.6) is 0 Å². The summed E-state index contributed by atoms with van der Waals surface area (Å²) in [5, 5.41) is 12.4. The SMILES string of the molecule is c1ccc(-c2cc(-c3ccc(-c4ccc(C5(c6ccccc6)c6ccccc6-n6c7ccccc7c7cccc5c76)cc4)cc3)nc3ccccc23)cc1.c1ccc(C2(c3ccc(-c4ccc(-c5cccc6cccnc56)cc4)cc3)c3ccccc3-n3c4ccccc4c4cccc2c43)cc1.c1ccc(C2(c3ccc(-c4ccc(-c5cccc6ccncc56)cc4)cc3)c3ccccc3-n3c4ccccc4c4cccc2c43)cc1. The van der Waals surface area contributed by atoms with E-state index < -0.39 is 16.2 Å². The van der Waals surface area contributed by atoms with E-state index in [1.165, 1.54) is 221 Å². The van der Waals surface area contributed by atoms with Gasteiger partial charge in [-0.15, -0.1) is 0 Å². The normalized spacial score (nSPS) is 15.0. The minimum absolute atomic E-state index is 0.494. The van der Waals surface area contributed by atoms with E-state index in [1.54, 1.807) is 0 Å². The van der Waals surface area contributed by atoms with Crippen molar-refractivity contribution in [1.82, 2.24) is 28.7 Å². The van der Waals surface area contributed by atoms with Gasteiger partial charge in [-0.25, -0.2) is 4.98 Å². The summed E-state index contributed by atoms with van der Waals surface area (Å²) in [6.07, 6.45) is 5.69. The molecule has 3 unspecified atom stereocenters. The van der Waals surface area contributed by atoms with Gasteiger partial charge in [-0.2, -0.15) is 0 Å². The van der Waals surface area contributed by atoms with Gasteiger partial charge in [0.25, 0.3) is 0 Å². The van der Waals surface area contributed by atoms with Gasteiger partial charge in [0.1, 0.15) is 0 Å². The Bertz CT molecular complexity index is 9770. The summed E-state index contributed by atoms with van der Waals surface area (Å²) in [6, 6.07) is 202. The largest absolute Gasteiger partial charge is 0.309 e. The van der Waals surface area contributed by atoms with Crippen molar-refractivity contribution >= 4 is 98.0 Å². The third-order valence-corrected chi connectivity index (χ3v) is 32.2. The van der Waals surface area contributed by atoms with Crippen molar-refractivity contribution in [3.05, 3.63) is 637 Å². The molecule has 28 aromatic rings. The fourth-order valence-electron chi connectivity index (χ4n) is 25.7. The van der Waals surface area contributed by atoms with Gasteiger partial charge >= 0.3 is 0 Å². The van der Waals surface area contributed by atoms with E-state index in [0.717, 1.165) is 38.6 Å². The molecule has 0 bridgehead atoms. The lowest BCUT2D eigenvalue weighted by molar-refractivity contribution is 0.728. The van der Waals surface area contributed by atoms with Crippen LogP contribution in [0, 0.1) is 0 Å². The maximum absolute atomic E-state index is 5.10. The molecule has 31 rings (SSSR count). The molecule has 0 saturated heterocycles. The molecule has 3 atom stereocenters. The molecule has 0 N–H and O–H groups in total. The summed E-state index contributed by atoms with van der Waals surface area (Å²) in [5.74, 6) is 0. The van der Waals surface area contributed by atoms with Crippen LogP contribution in [0.2, 0.25) is 0 Å². The minimum atomic E-state index is -0.512. The molecule has 6 nitrogen and oxygen atoms in total. The molecule has 9 heterocycles. The lowest BCUT2D eigenvalue weighted by Crippen LogP contribution is -2.35. The molecule has 3 aliphatic rings. The highest BCUT2D eigenvalue weighted by molar-refractivity contribution is 6.16. The van der Waals surface area contributed by atoms with Crippen LogP contribution in [-0.2, 0) is 16.2 Å². The first-order chi connectivity index (χ1) is 74.4. The molecule has 0 amide bonds. The number of benzene rings is 22. The van der Waals surface area contributed by atoms with Crippen molar-refractivity contribution in [1.29, 1.82) is 0 Å². The number of nitrogens with zero attached hydrogens (tertiary/aromatic N) is 6. The van der Waals surface area contributed by atoms with E-state index in [2.05, 4.69) is 570 Å². The standard InChI is InChI=1S/C52H34N2.2C46H30N2/c1-3-14-37(15-4-1)44-34-48(53-47-23-10-7-18-41(44)47)38-28-26-35(27-29-38)36-30-32-40(33-31-36)52(39-16-5-2-6-17-39)45-21-9-12-25-50(45)54-49-24-11-8-19-42(49)43-20-13-22-46(52)51(43)54;1-2-13-35(14-3-1)46(40-18-5-7-21-43(40)48-42-20-6-4-15-38(42)39-17-9-19-41(46)45(39)48)36-28-26-32(27-29-36)31-22-24-33(25-23-31)37-16-8-11-34-12-10-30-47-44(34)37;1-2-11-35(12-3-1)46(41-16-5-7-19-44(41)48-43-18-6-4-13-38(43)39-15-9-17-42(46)45(39)48)36-26-24-32(25-27-36)31-20-22-34(23-21-31)37-14-8-10-33-28-29-47-30-40(33)37/h1-34H;2*1-30H. The van der Waals surface area contributed by atoms with Crippen LogP contribution in [0.4, 0.5) is 0 Å². The Labute approximate surface area is 869 Å². The Morgan fingerprint density at radius 3 is 0.920 bits per heavy atom. The third kappa shape index (κ3) is 13.5. The van der Waals surface area contributed by atoms with Crippen molar-refractivity contribution in [3.8, 4) is 95.1 Å². The van der Waals surface area contributed by atoms with Crippen molar-refractivity contribution in [2.45, 2.75) is 16.2 Å². The molecule has 150 heavy (non-hydrogen) atoms. The molecular formula is C144H94N6. The highest BCUT2D eigenvalue weighted by Gasteiger charge is 2.49. The van der Waals surface area contributed by atoms with E-state index >= 15 is 0 Å². The second-order valence-electron chi connectivity index (χ2n) is 39.7. The molecular weight excluding hydrogens is 1810 g/mol. The zero-order valence-electron chi connectivity index (χ0n) is 82.0. The first kappa shape index (κ1) is 87.1. The summed E-state index contributed by atoms with van der Waals surface area (Å²) in [4.78, 5) is 14.2. The monoisotopic (exact) mass is 1910 g/mol. The molecule has 0 spiro atoms. The summed E-state index contributed by atoms with van der Waals surface area (Å²) in [5.41, 5.74) is 43.5. The van der Waals surface area contributed by atoms with E-state index in [0.29, 0.717) is 0 Å². The molecule has 0 radical (unpaired) electrons. The van der Waals surface area contributed by atoms with Gasteiger partial charge in [0.15, 0.2) is 0 Å². The van der Waals surface area contributed by atoms with Crippen LogP contribution >= 0.6 is 0 Å². The Kier molecular flexibility index (Phi) is 20.6. The Morgan fingerprint density at radius 2 is 0.487 bits per heavy atom. The highest BCUT2D eigenvalue weighted by Crippen LogP contribution is 2.60. The number of aromatic nitrogens is 6. The van der Waals surface area contributed by atoms with Crippen molar-refractivity contribution in [2.24, 2.45) is 0 Å². The topological polar surface area (TPSA) is 53.5 Å². The molecule has 0 aliphatic carbocycles. The van der Waals surface area contributed by atoms with Gasteiger partial charge in [-0.1, -0.05) is 491 Å². The summed E-state index contributed by atoms with van der Waals surface area (Å²) < 4.78 is 7.45. The molecule has 6 heteroatoms. The van der Waals surface area contributed by atoms with Crippen LogP contribution in [0.3, 0.4) is 0 Å². The van der Waals surface area contributed by atoms with E-state index in [4.69, 9.17) is 4.98 Å². The molecule has 22 aromatic carbocycles. The molecule has 0 fully saturated rings. The molecule has 6 aromatic heterocycles. The van der Waals surface area contributed by atoms with E-state index in [1.807, 2.05) is 24.7 Å². The average molecular weight is 1910 g/mol. The molecule has 0 saturated carbocycles. The Morgan fingerprint density at radius 1 is 0.180 bits per heavy atom. The first-order valence-corrected chi connectivity index (χ1v) is 51.7. The van der Waals surface area contributed by atoms with Crippen LogP contribution in [0.25, 0.3) is 193 Å². The average Bonchev–Trinajstić information content (AvgIpc) is 1.47. The maximum Gasteiger partial charge on any atom is 0.0780 e. The summed E-state index contributed by atoms with van der Waals surface area (Å²) in [6.45, 7) is 0. The van der Waals surface area contributed by atoms with Crippen LogP contribution in [-0.4, -0.2) is 28.7 Å². The number of rotatable bonds is 13. The third-order valence-electron chi connectivity index (χ3n) is 32.2. The maximum atomic E-state index is 5.10. The lowest BCUT2D eigenvalue weighted by Gasteiger charge is -2.41. The van der Waals surface area contributed by atoms with Gasteiger partial charge in [0.05, 0.1) is 83.1 Å². The van der Waals surface area contributed by atoms with Gasteiger partial charge in [0, 0.05) is 78.2 Å². The minimum Gasteiger partial charge on any atom is -0.309 e. The quantitative estimate of drug-likeness (QED) is 0.116. The predicted octanol–water partition coefficient (Wildman–Crippen LogP) is 35.8. The smallest absolute Gasteiger partial charge is 0.0780 e. The second kappa shape index (κ2) is 35.5. The van der Waals surface area contributed by atoms with E-state index in [9.17, 15) is 0 Å². The summed E-state index contributed by atoms with van der Waals surface area (Å²) >= 11 is 0. The number of hydrogen-bond acceptors (Lipinski definition) is 3. The number of pyridine rings is 3. The van der Waals surface area contributed by atoms with Crippen molar-refractivity contribution in [2.75, 3.05) is 0 Å². The zero-order chi connectivity index (χ0) is 99.0. The van der Waals surface area contributed by atoms with Gasteiger partial charge in [-0.3, -0.25) is 9.97 Å². The lowest BCUT2D eigenvalue weighted by atomic mass is 9.63. The fourth-order valence-corrected chi connectivity index (χ4v) is 25.7. The van der Waals surface area contributed by atoms with Crippen LogP contribution in [0.1, 0.15) is 66.8 Å². The van der Waals surface area contributed by atoms with Gasteiger partial charge < -0.3 is 13.7 Å². The highest BCUT2D eigenvalue weighted by atomic mass is 15.0. The Hall–Kier alpha value is -19.5. The molecule has 700 valence electrons. The van der Waals surface area contributed by atoms with Gasteiger partial charge in [-0.05, 0) is 194 Å². The predicted molar refractivity (Wildman–Crippen MR) is 622 cm³/mol. The number of para-hydroxylation sites is 11. The van der Waals surface area contributed by atoms with Gasteiger partial charge in [0.2, 0.25) is 0 Å². The number of fused-ring (bicyclic) bond motifs is 18. The first-order valence-electron chi connectivity index (χ1n) is 51.7. The van der Waals surface area contributed by atoms with Crippen molar-refractivity contribution < 1.29 is 0 Å². The van der Waals surface area contributed by atoms with Crippen molar-refractivity contribution in [3.63, 3.8) is 0 Å². The number of hydrogen-bond donors (Lipinski definition) is 0. The summed E-state index contributed by atoms with van der Waals surface area (Å²) in [7, 11) is 0. The zero-order valence-corrected chi connectivity index (χ0v) is 82.0. The van der Waals surface area contributed by atoms with Crippen LogP contribution < -0.4 is 0 Å².